The summed E-state index contributed by atoms with van der Waals surface area (Å²) >= 11 is 0. The molecule has 0 bridgehead atoms. The van der Waals surface area contributed by atoms with Crippen molar-refractivity contribution in [2.45, 2.75) is 44.6 Å². The summed E-state index contributed by atoms with van der Waals surface area (Å²) in [7, 11) is 0. The Balaban J connectivity index is 1.33. The summed E-state index contributed by atoms with van der Waals surface area (Å²) in [6.45, 7) is 1.30. The van der Waals surface area contributed by atoms with Crippen LogP contribution in [-0.2, 0) is 12.8 Å². The van der Waals surface area contributed by atoms with Crippen molar-refractivity contribution in [1.82, 2.24) is 10.2 Å². The molecule has 1 aromatic heterocycles. The number of nitrogens with zero attached hydrogens (tertiary/aromatic N) is 1. The number of carbonyl (C=O) groups is 2. The molecule has 136 valence electrons. The molecule has 1 aliphatic heterocycles. The van der Waals surface area contributed by atoms with E-state index in [0.29, 0.717) is 18.7 Å². The van der Waals surface area contributed by atoms with E-state index in [1.807, 2.05) is 11.0 Å². The Morgan fingerprint density at radius 1 is 1.00 bits per heavy atom. The molecule has 1 aliphatic carbocycles. The Hall–Kier alpha value is -2.56. The predicted molar refractivity (Wildman–Crippen MR) is 98.2 cm³/mol. The minimum absolute atomic E-state index is 0.00165. The van der Waals surface area contributed by atoms with Crippen LogP contribution in [0.3, 0.4) is 0 Å². The summed E-state index contributed by atoms with van der Waals surface area (Å²) < 4.78 is 4.98. The zero-order chi connectivity index (χ0) is 17.9. The summed E-state index contributed by atoms with van der Waals surface area (Å²) in [5.74, 6) is -0.00352. The van der Waals surface area contributed by atoms with Crippen LogP contribution in [0, 0.1) is 0 Å². The van der Waals surface area contributed by atoms with Crippen molar-refractivity contribution in [2.24, 2.45) is 0 Å². The summed E-state index contributed by atoms with van der Waals surface area (Å²) in [4.78, 5) is 26.7. The molecule has 0 unspecified atom stereocenters. The fourth-order valence-corrected chi connectivity index (χ4v) is 3.94. The Morgan fingerprint density at radius 3 is 2.50 bits per heavy atom. The molecule has 1 saturated heterocycles. The van der Waals surface area contributed by atoms with Crippen LogP contribution in [0.15, 0.2) is 41.2 Å². The van der Waals surface area contributed by atoms with Crippen LogP contribution >= 0.6 is 0 Å². The second kappa shape index (κ2) is 7.36. The highest BCUT2D eigenvalue weighted by molar-refractivity contribution is 5.95. The number of benzene rings is 1. The Morgan fingerprint density at radius 2 is 1.77 bits per heavy atom. The van der Waals surface area contributed by atoms with Gasteiger partial charge in [0, 0.05) is 24.7 Å². The van der Waals surface area contributed by atoms with Gasteiger partial charge in [-0.05, 0) is 67.9 Å². The van der Waals surface area contributed by atoms with E-state index in [-0.39, 0.29) is 17.9 Å². The van der Waals surface area contributed by atoms with Crippen LogP contribution in [0.2, 0.25) is 0 Å². The molecule has 4 rings (SSSR count). The van der Waals surface area contributed by atoms with Gasteiger partial charge in [-0.2, -0.15) is 0 Å². The number of likely N-dealkylation sites (tertiary alicyclic amines) is 1. The highest BCUT2D eigenvalue weighted by Crippen LogP contribution is 2.22. The number of hydrogen-bond acceptors (Lipinski definition) is 3. The number of furan rings is 1. The van der Waals surface area contributed by atoms with Crippen molar-refractivity contribution in [3.8, 4) is 0 Å². The van der Waals surface area contributed by atoms with Crippen molar-refractivity contribution in [3.63, 3.8) is 0 Å². The molecular formula is C21H24N2O3. The summed E-state index contributed by atoms with van der Waals surface area (Å²) in [5.41, 5.74) is 4.05. The molecule has 5 heteroatoms. The Bertz CT molecular complexity index is 790. The van der Waals surface area contributed by atoms with Crippen molar-refractivity contribution in [3.05, 3.63) is 59.0 Å². The highest BCUT2D eigenvalue weighted by atomic mass is 16.3. The molecular weight excluding hydrogens is 328 g/mol. The monoisotopic (exact) mass is 352 g/mol. The lowest BCUT2D eigenvalue weighted by Crippen LogP contribution is -2.46. The maximum atomic E-state index is 12.6. The van der Waals surface area contributed by atoms with Gasteiger partial charge in [0.1, 0.15) is 6.26 Å². The molecule has 0 radical (unpaired) electrons. The van der Waals surface area contributed by atoms with Gasteiger partial charge in [-0.25, -0.2) is 0 Å². The Labute approximate surface area is 153 Å². The molecule has 2 aromatic rings. The van der Waals surface area contributed by atoms with Gasteiger partial charge in [0.15, 0.2) is 0 Å². The first kappa shape index (κ1) is 16.9. The lowest BCUT2D eigenvalue weighted by atomic mass is 9.90. The molecule has 0 saturated carbocycles. The fraction of sp³-hybridized carbons (Fsp3) is 0.429. The first-order valence-corrected chi connectivity index (χ1v) is 9.45. The summed E-state index contributed by atoms with van der Waals surface area (Å²) in [5, 5.41) is 3.14. The number of fused-ring (bicyclic) bond motifs is 1. The first-order valence-electron chi connectivity index (χ1n) is 9.45. The molecule has 1 fully saturated rings. The van der Waals surface area contributed by atoms with Crippen LogP contribution in [0.1, 0.15) is 57.5 Å². The van der Waals surface area contributed by atoms with E-state index >= 15 is 0 Å². The summed E-state index contributed by atoms with van der Waals surface area (Å²) in [6.07, 6.45) is 9.20. The molecule has 2 heterocycles. The van der Waals surface area contributed by atoms with E-state index < -0.39 is 0 Å². The lowest BCUT2D eigenvalue weighted by molar-refractivity contribution is 0.0697. The van der Waals surface area contributed by atoms with Gasteiger partial charge in [0.2, 0.25) is 0 Å². The Kier molecular flexibility index (Phi) is 4.78. The van der Waals surface area contributed by atoms with Crippen LogP contribution < -0.4 is 5.32 Å². The predicted octanol–water partition coefficient (Wildman–Crippen LogP) is 3.19. The van der Waals surface area contributed by atoms with E-state index in [2.05, 4.69) is 17.4 Å². The third-order valence-corrected chi connectivity index (χ3v) is 5.50. The second-order valence-electron chi connectivity index (χ2n) is 7.24. The molecule has 1 aromatic carbocycles. The van der Waals surface area contributed by atoms with E-state index in [1.165, 1.54) is 36.5 Å². The lowest BCUT2D eigenvalue weighted by Gasteiger charge is -2.32. The fourth-order valence-electron chi connectivity index (χ4n) is 3.94. The first-order chi connectivity index (χ1) is 12.7. The normalized spacial score (nSPS) is 17.6. The topological polar surface area (TPSA) is 62.6 Å². The average molecular weight is 352 g/mol. The van der Waals surface area contributed by atoms with Gasteiger partial charge >= 0.3 is 0 Å². The van der Waals surface area contributed by atoms with Gasteiger partial charge in [0.05, 0.1) is 11.8 Å². The minimum Gasteiger partial charge on any atom is -0.472 e. The molecule has 2 aliphatic rings. The van der Waals surface area contributed by atoms with Crippen LogP contribution in [-0.4, -0.2) is 35.8 Å². The average Bonchev–Trinajstić information content (AvgIpc) is 3.22. The summed E-state index contributed by atoms with van der Waals surface area (Å²) in [6, 6.07) is 7.91. The zero-order valence-corrected chi connectivity index (χ0v) is 14.9. The van der Waals surface area contributed by atoms with Gasteiger partial charge in [-0.1, -0.05) is 6.07 Å². The number of piperidine rings is 1. The van der Waals surface area contributed by atoms with Crippen LogP contribution in [0.5, 0.6) is 0 Å². The van der Waals surface area contributed by atoms with Crippen molar-refractivity contribution < 1.29 is 14.0 Å². The highest BCUT2D eigenvalue weighted by Gasteiger charge is 2.25. The van der Waals surface area contributed by atoms with Crippen molar-refractivity contribution >= 4 is 11.8 Å². The largest absolute Gasteiger partial charge is 0.472 e. The van der Waals surface area contributed by atoms with Crippen molar-refractivity contribution in [1.29, 1.82) is 0 Å². The number of carbonyl (C=O) groups excluding carboxylic acids is 2. The minimum atomic E-state index is -0.00187. The van der Waals surface area contributed by atoms with Gasteiger partial charge in [-0.3, -0.25) is 9.59 Å². The number of rotatable bonds is 3. The SMILES string of the molecule is O=C(NC1CCN(C(=O)c2ccoc2)CC1)c1ccc2c(c1)CCCC2. The van der Waals surface area contributed by atoms with Gasteiger partial charge in [-0.15, -0.1) is 0 Å². The second-order valence-corrected chi connectivity index (χ2v) is 7.24. The molecule has 26 heavy (non-hydrogen) atoms. The maximum absolute atomic E-state index is 12.6. The number of hydrogen-bond donors (Lipinski definition) is 1. The zero-order valence-electron chi connectivity index (χ0n) is 14.9. The molecule has 0 atom stereocenters. The third kappa shape index (κ3) is 3.52. The molecule has 1 N–H and O–H groups in total. The number of aryl methyl sites for hydroxylation is 2. The number of nitrogens with one attached hydrogen (secondary N) is 1. The van der Waals surface area contributed by atoms with Crippen molar-refractivity contribution in [2.75, 3.05) is 13.1 Å². The van der Waals surface area contributed by atoms with Gasteiger partial charge in [0.25, 0.3) is 11.8 Å². The van der Waals surface area contributed by atoms with Crippen LogP contribution in [0.25, 0.3) is 0 Å². The maximum Gasteiger partial charge on any atom is 0.257 e. The molecule has 2 amide bonds. The molecule has 0 spiro atoms. The van der Waals surface area contributed by atoms with Gasteiger partial charge < -0.3 is 14.6 Å². The van der Waals surface area contributed by atoms with E-state index in [1.54, 1.807) is 6.07 Å². The smallest absolute Gasteiger partial charge is 0.257 e. The number of amides is 2. The van der Waals surface area contributed by atoms with E-state index in [4.69, 9.17) is 4.42 Å². The van der Waals surface area contributed by atoms with Crippen LogP contribution in [0.4, 0.5) is 0 Å². The molecule has 5 nitrogen and oxygen atoms in total. The standard InChI is InChI=1S/C21H24N2O3/c24-20(17-6-5-15-3-1-2-4-16(15)13-17)22-19-7-10-23(11-8-19)21(25)18-9-12-26-14-18/h5-6,9,12-14,19H,1-4,7-8,10-11H2,(H,22,24). The quantitative estimate of drug-likeness (QED) is 0.923. The third-order valence-electron chi connectivity index (χ3n) is 5.50. The van der Waals surface area contributed by atoms with E-state index in [0.717, 1.165) is 31.2 Å². The van der Waals surface area contributed by atoms with E-state index in [9.17, 15) is 9.59 Å².